The number of rotatable bonds is 3. The highest BCUT2D eigenvalue weighted by Crippen LogP contribution is 2.41. The van der Waals surface area contributed by atoms with Crippen LogP contribution in [0, 0.1) is 0 Å². The van der Waals surface area contributed by atoms with Crippen LogP contribution in [0.5, 0.6) is 0 Å². The molecule has 14 heavy (non-hydrogen) atoms. The van der Waals surface area contributed by atoms with Crippen molar-refractivity contribution in [1.82, 2.24) is 9.97 Å². The lowest BCUT2D eigenvalue weighted by atomic mass is 9.75. The van der Waals surface area contributed by atoms with E-state index < -0.39 is 5.60 Å². The van der Waals surface area contributed by atoms with Crippen LogP contribution in [0.2, 0.25) is 0 Å². The number of nitrogens with zero attached hydrogens (tertiary/aromatic N) is 2. The topological polar surface area (TPSA) is 55.2 Å². The second kappa shape index (κ2) is 3.63. The first-order valence-corrected chi connectivity index (χ1v) is 4.85. The molecule has 0 radical (unpaired) electrons. The highest BCUT2D eigenvalue weighted by atomic mass is 16.5. The monoisotopic (exact) mass is 194 g/mol. The van der Waals surface area contributed by atoms with Crippen LogP contribution in [0.15, 0.2) is 18.6 Å². The first-order chi connectivity index (χ1) is 6.74. The Hall–Kier alpha value is -1.00. The predicted molar refractivity (Wildman–Crippen MR) is 50.6 cm³/mol. The van der Waals surface area contributed by atoms with Crippen molar-refractivity contribution >= 4 is 0 Å². The van der Waals surface area contributed by atoms with Crippen molar-refractivity contribution in [1.29, 1.82) is 0 Å². The molecule has 4 heteroatoms. The van der Waals surface area contributed by atoms with Gasteiger partial charge in [-0.15, -0.1) is 0 Å². The van der Waals surface area contributed by atoms with Crippen LogP contribution < -0.4 is 0 Å². The van der Waals surface area contributed by atoms with Crippen molar-refractivity contribution in [3.63, 3.8) is 0 Å². The maximum absolute atomic E-state index is 10.1. The second-order valence-corrected chi connectivity index (χ2v) is 3.61. The summed E-state index contributed by atoms with van der Waals surface area (Å²) in [6, 6.07) is 0. The molecular weight excluding hydrogens is 180 g/mol. The molecular formula is C10H14N2O2. The normalized spacial score (nSPS) is 31.1. The van der Waals surface area contributed by atoms with Crippen molar-refractivity contribution in [2.75, 3.05) is 6.61 Å². The molecule has 1 aliphatic carbocycles. The minimum atomic E-state index is -0.811. The van der Waals surface area contributed by atoms with Gasteiger partial charge in [-0.3, -0.25) is 9.97 Å². The van der Waals surface area contributed by atoms with Gasteiger partial charge in [-0.25, -0.2) is 0 Å². The van der Waals surface area contributed by atoms with E-state index in [9.17, 15) is 5.11 Å². The van der Waals surface area contributed by atoms with Gasteiger partial charge in [-0.2, -0.15) is 0 Å². The first kappa shape index (κ1) is 9.55. The Morgan fingerprint density at radius 2 is 2.36 bits per heavy atom. The van der Waals surface area contributed by atoms with E-state index in [1.807, 2.05) is 6.92 Å². The summed E-state index contributed by atoms with van der Waals surface area (Å²) in [6.45, 7) is 2.65. The summed E-state index contributed by atoms with van der Waals surface area (Å²) < 4.78 is 5.39. The molecule has 1 fully saturated rings. The summed E-state index contributed by atoms with van der Waals surface area (Å²) >= 11 is 0. The van der Waals surface area contributed by atoms with Gasteiger partial charge in [-0.05, 0) is 6.92 Å². The third kappa shape index (κ3) is 1.63. The van der Waals surface area contributed by atoms with Gasteiger partial charge in [-0.1, -0.05) is 0 Å². The molecule has 0 atom stereocenters. The molecule has 1 aliphatic rings. The van der Waals surface area contributed by atoms with Gasteiger partial charge in [0.05, 0.1) is 18.0 Å². The highest BCUT2D eigenvalue weighted by Gasteiger charge is 2.45. The van der Waals surface area contributed by atoms with Crippen molar-refractivity contribution in [2.24, 2.45) is 0 Å². The van der Waals surface area contributed by atoms with Gasteiger partial charge in [0.2, 0.25) is 0 Å². The molecule has 1 aromatic heterocycles. The van der Waals surface area contributed by atoms with Crippen LogP contribution in [0.25, 0.3) is 0 Å². The molecule has 0 saturated heterocycles. The molecule has 2 rings (SSSR count). The van der Waals surface area contributed by atoms with E-state index in [1.54, 1.807) is 18.6 Å². The summed E-state index contributed by atoms with van der Waals surface area (Å²) in [6.07, 6.45) is 6.24. The smallest absolute Gasteiger partial charge is 0.113 e. The second-order valence-electron chi connectivity index (χ2n) is 3.61. The van der Waals surface area contributed by atoms with E-state index in [1.165, 1.54) is 0 Å². The lowest BCUT2D eigenvalue weighted by molar-refractivity contribution is -0.145. The summed E-state index contributed by atoms with van der Waals surface area (Å²) in [5.74, 6) is 0. The highest BCUT2D eigenvalue weighted by molar-refractivity contribution is 5.14. The van der Waals surface area contributed by atoms with Crippen LogP contribution in [-0.2, 0) is 10.3 Å². The fourth-order valence-electron chi connectivity index (χ4n) is 1.80. The van der Waals surface area contributed by atoms with Gasteiger partial charge in [0.1, 0.15) is 5.60 Å². The number of ether oxygens (including phenoxy) is 1. The third-order valence-corrected chi connectivity index (χ3v) is 2.57. The van der Waals surface area contributed by atoms with Crippen LogP contribution >= 0.6 is 0 Å². The van der Waals surface area contributed by atoms with Crippen LogP contribution in [-0.4, -0.2) is 27.8 Å². The molecule has 1 N–H and O–H groups in total. The molecule has 0 aromatic carbocycles. The maximum atomic E-state index is 10.1. The van der Waals surface area contributed by atoms with Crippen molar-refractivity contribution in [3.05, 3.63) is 24.3 Å². The van der Waals surface area contributed by atoms with Gasteiger partial charge in [0, 0.05) is 31.8 Å². The average molecular weight is 194 g/mol. The molecule has 1 aromatic rings. The van der Waals surface area contributed by atoms with Gasteiger partial charge >= 0.3 is 0 Å². The Kier molecular flexibility index (Phi) is 2.48. The predicted octanol–water partition coefficient (Wildman–Crippen LogP) is 0.863. The molecule has 4 nitrogen and oxygen atoms in total. The van der Waals surface area contributed by atoms with Gasteiger partial charge < -0.3 is 9.84 Å². The standard InChI is InChI=1S/C10H14N2O2/c1-2-14-8-5-10(13,6-8)9-7-11-3-4-12-9/h3-4,7-8,13H,2,5-6H2,1H3. The largest absolute Gasteiger partial charge is 0.383 e. The quantitative estimate of drug-likeness (QED) is 0.775. The zero-order valence-electron chi connectivity index (χ0n) is 8.18. The summed E-state index contributed by atoms with van der Waals surface area (Å²) in [4.78, 5) is 8.04. The third-order valence-electron chi connectivity index (χ3n) is 2.57. The van der Waals surface area contributed by atoms with E-state index in [2.05, 4.69) is 9.97 Å². The average Bonchev–Trinajstić information content (AvgIpc) is 2.17. The summed E-state index contributed by atoms with van der Waals surface area (Å²) in [5, 5.41) is 10.1. The van der Waals surface area contributed by atoms with Crippen LogP contribution in [0.4, 0.5) is 0 Å². The fourth-order valence-corrected chi connectivity index (χ4v) is 1.80. The minimum absolute atomic E-state index is 0.173. The molecule has 0 aliphatic heterocycles. The molecule has 0 bridgehead atoms. The van der Waals surface area contributed by atoms with Crippen molar-refractivity contribution in [3.8, 4) is 0 Å². The lowest BCUT2D eigenvalue weighted by Gasteiger charge is -2.42. The van der Waals surface area contributed by atoms with E-state index in [0.29, 0.717) is 25.1 Å². The van der Waals surface area contributed by atoms with Crippen LogP contribution in [0.3, 0.4) is 0 Å². The summed E-state index contributed by atoms with van der Waals surface area (Å²) in [5.41, 5.74) is -0.162. The molecule has 1 saturated carbocycles. The van der Waals surface area contributed by atoms with E-state index >= 15 is 0 Å². The van der Waals surface area contributed by atoms with Gasteiger partial charge in [0.25, 0.3) is 0 Å². The van der Waals surface area contributed by atoms with Crippen LogP contribution in [0.1, 0.15) is 25.5 Å². The number of hydrogen-bond acceptors (Lipinski definition) is 4. The Labute approximate surface area is 83.0 Å². The molecule has 0 amide bonds. The van der Waals surface area contributed by atoms with Crippen molar-refractivity contribution in [2.45, 2.75) is 31.5 Å². The molecule has 0 unspecified atom stereocenters. The number of aromatic nitrogens is 2. The fraction of sp³-hybridized carbons (Fsp3) is 0.600. The number of aliphatic hydroxyl groups is 1. The SMILES string of the molecule is CCOC1CC(O)(c2cnccn2)C1. The molecule has 1 heterocycles. The zero-order chi connectivity index (χ0) is 10.0. The molecule has 0 spiro atoms. The Morgan fingerprint density at radius 1 is 1.57 bits per heavy atom. The lowest BCUT2D eigenvalue weighted by Crippen LogP contribution is -2.46. The van der Waals surface area contributed by atoms with Gasteiger partial charge in [0.15, 0.2) is 0 Å². The van der Waals surface area contributed by atoms with E-state index in [4.69, 9.17) is 4.74 Å². The minimum Gasteiger partial charge on any atom is -0.383 e. The number of hydrogen-bond donors (Lipinski definition) is 1. The maximum Gasteiger partial charge on any atom is 0.113 e. The van der Waals surface area contributed by atoms with E-state index in [-0.39, 0.29) is 6.10 Å². The summed E-state index contributed by atoms with van der Waals surface area (Å²) in [7, 11) is 0. The molecule has 76 valence electrons. The Bertz CT molecular complexity index is 296. The van der Waals surface area contributed by atoms with E-state index in [0.717, 1.165) is 0 Å². The van der Waals surface area contributed by atoms with Crippen molar-refractivity contribution < 1.29 is 9.84 Å². The Morgan fingerprint density at radius 3 is 2.93 bits per heavy atom. The Balaban J connectivity index is 2.01. The zero-order valence-corrected chi connectivity index (χ0v) is 8.18. The first-order valence-electron chi connectivity index (χ1n) is 4.85.